The molecule has 9 nitrogen and oxygen atoms in total. The molecule has 0 aromatic heterocycles. The molecule has 0 aliphatic carbocycles. The van der Waals surface area contributed by atoms with Gasteiger partial charge in [0.05, 0.1) is 25.1 Å². The molecule has 2 rings (SSSR count). The minimum Gasteiger partial charge on any atom is -0.495 e. The quantitative estimate of drug-likeness (QED) is 0.281. The summed E-state index contributed by atoms with van der Waals surface area (Å²) in [6.45, 7) is 0.322. The van der Waals surface area contributed by atoms with Gasteiger partial charge in [0.1, 0.15) is 11.8 Å². The Hall–Kier alpha value is -3.46. The van der Waals surface area contributed by atoms with Gasteiger partial charge in [-0.2, -0.15) is 0 Å². The van der Waals surface area contributed by atoms with Crippen LogP contribution in [0.5, 0.6) is 5.75 Å². The summed E-state index contributed by atoms with van der Waals surface area (Å²) >= 11 is 0. The second-order valence-corrected chi connectivity index (χ2v) is 8.34. The van der Waals surface area contributed by atoms with E-state index < -0.39 is 74.2 Å². The summed E-state index contributed by atoms with van der Waals surface area (Å²) in [6.07, 6.45) is 0. The third-order valence-electron chi connectivity index (χ3n) is 4.42. The van der Waals surface area contributed by atoms with Crippen LogP contribution in [-0.4, -0.2) is 52.1 Å². The fraction of sp³-hybridized carbons (Fsp3) is 0.263. The van der Waals surface area contributed by atoms with Crippen LogP contribution < -0.4 is 19.7 Å². The van der Waals surface area contributed by atoms with Crippen LogP contribution in [0.25, 0.3) is 0 Å². The maximum absolute atomic E-state index is 14.0. The number of methoxy groups -OCH3 is 1. The Bertz CT molecular complexity index is 1210. The summed E-state index contributed by atoms with van der Waals surface area (Å²) in [5.41, 5.74) is -0.576. The van der Waals surface area contributed by atoms with Gasteiger partial charge in [-0.3, -0.25) is 14.3 Å². The minimum atomic E-state index is -5.34. The maximum Gasteiger partial charge on any atom is 0.267 e. The van der Waals surface area contributed by atoms with E-state index >= 15 is 0 Å². The molecule has 2 aromatic carbocycles. The zero-order valence-corrected chi connectivity index (χ0v) is 18.6. The number of carbonyl (C=O) groups excluding carboxylic acids is 2. The van der Waals surface area contributed by atoms with Gasteiger partial charge in [0.15, 0.2) is 28.2 Å². The molecule has 0 aliphatic rings. The van der Waals surface area contributed by atoms with E-state index in [1.165, 1.54) is 14.2 Å². The summed E-state index contributed by atoms with van der Waals surface area (Å²) in [5, 5.41) is 11.6. The van der Waals surface area contributed by atoms with Crippen LogP contribution in [0.1, 0.15) is 6.92 Å². The first kappa shape index (κ1) is 26.8. The highest BCUT2D eigenvalue weighted by Gasteiger charge is 2.34. The SMILES string of the molecule is COc1ccc(NS(=O)(=O)c2c(F)c(F)c(F)c(F)c2F)cc1N(C)C(=O)[C@H](CO)NC(C)=O. The van der Waals surface area contributed by atoms with E-state index in [4.69, 9.17) is 4.74 Å². The average molecular weight is 511 g/mol. The molecule has 0 heterocycles. The van der Waals surface area contributed by atoms with Gasteiger partial charge in [0, 0.05) is 14.0 Å². The number of ether oxygens (including phenoxy) is 1. The number of likely N-dealkylation sites (N-methyl/N-ethyl adjacent to an activating group) is 1. The van der Waals surface area contributed by atoms with Crippen molar-refractivity contribution in [3.63, 3.8) is 0 Å². The smallest absolute Gasteiger partial charge is 0.267 e. The fourth-order valence-corrected chi connectivity index (χ4v) is 4.02. The summed E-state index contributed by atoms with van der Waals surface area (Å²) in [6, 6.07) is 1.76. The second kappa shape index (κ2) is 10.2. The highest BCUT2D eigenvalue weighted by Crippen LogP contribution is 2.33. The van der Waals surface area contributed by atoms with Crippen molar-refractivity contribution in [2.24, 2.45) is 0 Å². The molecular formula is C19H18F5N3O6S. The first-order chi connectivity index (χ1) is 15.8. The molecule has 15 heteroatoms. The van der Waals surface area contributed by atoms with Gasteiger partial charge in [-0.05, 0) is 18.2 Å². The number of hydrogen-bond donors (Lipinski definition) is 3. The van der Waals surface area contributed by atoms with Gasteiger partial charge in [-0.25, -0.2) is 30.4 Å². The molecule has 2 amide bonds. The molecule has 0 spiro atoms. The number of carbonyl (C=O) groups is 2. The predicted octanol–water partition coefficient (Wildman–Crippen LogP) is 1.65. The van der Waals surface area contributed by atoms with Crippen LogP contribution in [0.2, 0.25) is 0 Å². The van der Waals surface area contributed by atoms with Crippen molar-refractivity contribution in [1.29, 1.82) is 0 Å². The second-order valence-electron chi connectivity index (χ2n) is 6.72. The van der Waals surface area contributed by atoms with E-state index in [0.717, 1.165) is 30.0 Å². The number of anilines is 2. The van der Waals surface area contributed by atoms with Crippen LogP contribution >= 0.6 is 0 Å². The Kier molecular flexibility index (Phi) is 8.05. The van der Waals surface area contributed by atoms with Crippen LogP contribution in [0.3, 0.4) is 0 Å². The topological polar surface area (TPSA) is 125 Å². The first-order valence-electron chi connectivity index (χ1n) is 9.14. The minimum absolute atomic E-state index is 0.00505. The van der Waals surface area contributed by atoms with Crippen LogP contribution in [0.15, 0.2) is 23.1 Å². The van der Waals surface area contributed by atoms with Gasteiger partial charge in [-0.1, -0.05) is 0 Å². The zero-order valence-electron chi connectivity index (χ0n) is 17.8. The van der Waals surface area contributed by atoms with Crippen molar-refractivity contribution in [1.82, 2.24) is 5.32 Å². The lowest BCUT2D eigenvalue weighted by Gasteiger charge is -2.25. The molecule has 0 bridgehead atoms. The molecule has 0 aliphatic heterocycles. The Morgan fingerprint density at radius 3 is 2.06 bits per heavy atom. The van der Waals surface area contributed by atoms with Gasteiger partial charge in [0.25, 0.3) is 15.9 Å². The highest BCUT2D eigenvalue weighted by atomic mass is 32.2. The van der Waals surface area contributed by atoms with E-state index in [-0.39, 0.29) is 11.4 Å². The largest absolute Gasteiger partial charge is 0.495 e. The maximum atomic E-state index is 14.0. The molecule has 0 fully saturated rings. The van der Waals surface area contributed by atoms with Crippen LogP contribution in [0, 0.1) is 29.1 Å². The van der Waals surface area contributed by atoms with Crippen molar-refractivity contribution >= 4 is 33.2 Å². The number of aliphatic hydroxyl groups is 1. The van der Waals surface area contributed by atoms with Gasteiger partial charge in [-0.15, -0.1) is 0 Å². The number of aliphatic hydroxyl groups excluding tert-OH is 1. The molecular weight excluding hydrogens is 493 g/mol. The average Bonchev–Trinajstić information content (AvgIpc) is 2.78. The van der Waals surface area contributed by atoms with Crippen molar-refractivity contribution in [2.75, 3.05) is 30.4 Å². The molecule has 1 atom stereocenters. The number of nitrogens with zero attached hydrogens (tertiary/aromatic N) is 1. The number of amides is 2. The van der Waals surface area contributed by atoms with E-state index in [1.807, 2.05) is 0 Å². The molecule has 0 unspecified atom stereocenters. The molecule has 0 radical (unpaired) electrons. The molecule has 34 heavy (non-hydrogen) atoms. The van der Waals surface area contributed by atoms with Gasteiger partial charge < -0.3 is 20.1 Å². The van der Waals surface area contributed by atoms with E-state index in [0.29, 0.717) is 0 Å². The zero-order chi connectivity index (χ0) is 26.0. The van der Waals surface area contributed by atoms with Crippen molar-refractivity contribution in [3.05, 3.63) is 47.3 Å². The van der Waals surface area contributed by atoms with Crippen LogP contribution in [0.4, 0.5) is 33.3 Å². The summed E-state index contributed by atoms with van der Waals surface area (Å²) < 4.78 is 99.9. The lowest BCUT2D eigenvalue weighted by atomic mass is 10.2. The first-order valence-corrected chi connectivity index (χ1v) is 10.6. The number of nitrogens with one attached hydrogen (secondary N) is 2. The van der Waals surface area contributed by atoms with Gasteiger partial charge in [0.2, 0.25) is 11.7 Å². The van der Waals surface area contributed by atoms with Crippen LogP contribution in [-0.2, 0) is 19.6 Å². The number of halogens is 5. The monoisotopic (exact) mass is 511 g/mol. The standard InChI is InChI=1S/C19H18F5N3O6S/c1-8(29)25-10(7-28)19(30)27(2)11-6-9(4-5-12(11)33-3)26-34(31,32)18-16(23)14(21)13(20)15(22)17(18)24/h4-6,10,26,28H,7H2,1-3H3,(H,25,29)/t10-/m0/s1. The number of sulfonamides is 1. The third-order valence-corrected chi connectivity index (χ3v) is 5.82. The Balaban J connectivity index is 2.51. The van der Waals surface area contributed by atoms with E-state index in [2.05, 4.69) is 5.32 Å². The molecule has 3 N–H and O–H groups in total. The Morgan fingerprint density at radius 2 is 1.59 bits per heavy atom. The lowest BCUT2D eigenvalue weighted by Crippen LogP contribution is -2.49. The Labute approximate surface area is 190 Å². The number of benzene rings is 2. The Morgan fingerprint density at radius 1 is 1.06 bits per heavy atom. The number of rotatable bonds is 8. The predicted molar refractivity (Wildman–Crippen MR) is 108 cm³/mol. The summed E-state index contributed by atoms with van der Waals surface area (Å²) in [4.78, 5) is 22.6. The third kappa shape index (κ3) is 5.20. The van der Waals surface area contributed by atoms with Crippen molar-refractivity contribution < 1.29 is 49.8 Å². The molecule has 186 valence electrons. The van der Waals surface area contributed by atoms with E-state index in [1.54, 1.807) is 4.72 Å². The molecule has 0 saturated carbocycles. The molecule has 0 saturated heterocycles. The highest BCUT2D eigenvalue weighted by molar-refractivity contribution is 7.92. The lowest BCUT2D eigenvalue weighted by molar-refractivity contribution is -0.127. The van der Waals surface area contributed by atoms with Gasteiger partial charge >= 0.3 is 0 Å². The number of hydrogen-bond acceptors (Lipinski definition) is 6. The van der Waals surface area contributed by atoms with Crippen molar-refractivity contribution in [2.45, 2.75) is 17.9 Å². The summed E-state index contributed by atoms with van der Waals surface area (Å²) in [7, 11) is -2.95. The van der Waals surface area contributed by atoms with Crippen molar-refractivity contribution in [3.8, 4) is 5.75 Å². The molecule has 2 aromatic rings. The fourth-order valence-electron chi connectivity index (χ4n) is 2.83. The summed E-state index contributed by atoms with van der Waals surface area (Å²) in [5.74, 6) is -14.0. The van der Waals surface area contributed by atoms with E-state index in [9.17, 15) is 45.1 Å². The normalized spacial score (nSPS) is 12.1.